The van der Waals surface area contributed by atoms with Gasteiger partial charge in [-0.3, -0.25) is 9.48 Å². The van der Waals surface area contributed by atoms with E-state index in [0.29, 0.717) is 12.2 Å². The molecule has 1 N–H and O–H groups in total. The van der Waals surface area contributed by atoms with Crippen LogP contribution in [-0.2, 0) is 13.0 Å². The van der Waals surface area contributed by atoms with E-state index >= 15 is 0 Å². The molecule has 0 aliphatic heterocycles. The average Bonchev–Trinajstić information content (AvgIpc) is 2.89. The molecule has 0 saturated heterocycles. The van der Waals surface area contributed by atoms with Crippen molar-refractivity contribution in [3.8, 4) is 0 Å². The standard InChI is InChI=1S/C17H21N3O/c1-3-20-16(11-12(2)19-20)17(21)18-15-10-6-8-13-7-4-5-9-14(13)15/h4-5,7,9,11,15H,3,6,8,10H2,1-2H3,(H,18,21). The fourth-order valence-electron chi connectivity index (χ4n) is 3.11. The lowest BCUT2D eigenvalue weighted by Gasteiger charge is -2.26. The second kappa shape index (κ2) is 5.72. The van der Waals surface area contributed by atoms with Crippen LogP contribution in [0, 0.1) is 6.92 Å². The molecule has 0 fully saturated rings. The molecule has 3 rings (SSSR count). The van der Waals surface area contributed by atoms with Crippen molar-refractivity contribution in [1.82, 2.24) is 15.1 Å². The van der Waals surface area contributed by atoms with E-state index in [0.717, 1.165) is 25.0 Å². The summed E-state index contributed by atoms with van der Waals surface area (Å²) in [7, 11) is 0. The molecule has 1 heterocycles. The van der Waals surface area contributed by atoms with Gasteiger partial charge in [0.15, 0.2) is 0 Å². The summed E-state index contributed by atoms with van der Waals surface area (Å²) in [4.78, 5) is 12.5. The number of benzene rings is 1. The SMILES string of the molecule is CCn1nc(C)cc1C(=O)NC1CCCc2ccccc21. The van der Waals surface area contributed by atoms with Gasteiger partial charge in [0.25, 0.3) is 5.91 Å². The van der Waals surface area contributed by atoms with E-state index in [9.17, 15) is 4.79 Å². The molecule has 1 aliphatic carbocycles. The van der Waals surface area contributed by atoms with Gasteiger partial charge in [-0.2, -0.15) is 5.10 Å². The molecule has 4 heteroatoms. The van der Waals surface area contributed by atoms with E-state index < -0.39 is 0 Å². The van der Waals surface area contributed by atoms with Crippen LogP contribution in [0.1, 0.15) is 53.1 Å². The van der Waals surface area contributed by atoms with Crippen LogP contribution < -0.4 is 5.32 Å². The summed E-state index contributed by atoms with van der Waals surface area (Å²) in [5, 5.41) is 7.52. The third-order valence-electron chi connectivity index (χ3n) is 4.11. The van der Waals surface area contributed by atoms with Crippen LogP contribution in [0.25, 0.3) is 0 Å². The lowest BCUT2D eigenvalue weighted by atomic mass is 9.87. The molecule has 1 aromatic heterocycles. The number of aryl methyl sites for hydroxylation is 3. The van der Waals surface area contributed by atoms with Gasteiger partial charge in [0.05, 0.1) is 11.7 Å². The zero-order valence-corrected chi connectivity index (χ0v) is 12.6. The van der Waals surface area contributed by atoms with Crippen LogP contribution in [0.15, 0.2) is 30.3 Å². The van der Waals surface area contributed by atoms with Crippen LogP contribution in [-0.4, -0.2) is 15.7 Å². The van der Waals surface area contributed by atoms with E-state index in [1.165, 1.54) is 11.1 Å². The summed E-state index contributed by atoms with van der Waals surface area (Å²) >= 11 is 0. The van der Waals surface area contributed by atoms with Crippen molar-refractivity contribution in [3.63, 3.8) is 0 Å². The number of carbonyl (C=O) groups is 1. The molecule has 1 atom stereocenters. The van der Waals surface area contributed by atoms with Gasteiger partial charge in [0, 0.05) is 6.54 Å². The first-order chi connectivity index (χ1) is 10.2. The first kappa shape index (κ1) is 13.9. The maximum absolute atomic E-state index is 12.5. The molecule has 0 saturated carbocycles. The Hall–Kier alpha value is -2.10. The molecule has 110 valence electrons. The fraction of sp³-hybridized carbons (Fsp3) is 0.412. The third-order valence-corrected chi connectivity index (χ3v) is 4.11. The number of amides is 1. The number of nitrogens with zero attached hydrogens (tertiary/aromatic N) is 2. The monoisotopic (exact) mass is 283 g/mol. The van der Waals surface area contributed by atoms with Gasteiger partial charge in [-0.1, -0.05) is 24.3 Å². The molecule has 21 heavy (non-hydrogen) atoms. The van der Waals surface area contributed by atoms with E-state index in [1.54, 1.807) is 4.68 Å². The normalized spacial score (nSPS) is 17.3. The minimum absolute atomic E-state index is 0.0286. The highest BCUT2D eigenvalue weighted by Gasteiger charge is 2.23. The summed E-state index contributed by atoms with van der Waals surface area (Å²) in [6, 6.07) is 10.4. The van der Waals surface area contributed by atoms with Gasteiger partial charge in [-0.05, 0) is 50.3 Å². The number of nitrogens with one attached hydrogen (secondary N) is 1. The largest absolute Gasteiger partial charge is 0.344 e. The van der Waals surface area contributed by atoms with Crippen molar-refractivity contribution in [2.75, 3.05) is 0 Å². The predicted octanol–water partition coefficient (Wildman–Crippen LogP) is 3.02. The minimum Gasteiger partial charge on any atom is -0.344 e. The van der Waals surface area contributed by atoms with Crippen molar-refractivity contribution in [2.24, 2.45) is 0 Å². The van der Waals surface area contributed by atoms with Crippen LogP contribution >= 0.6 is 0 Å². The Morgan fingerprint density at radius 2 is 2.24 bits per heavy atom. The topological polar surface area (TPSA) is 46.9 Å². The summed E-state index contributed by atoms with van der Waals surface area (Å²) in [6.07, 6.45) is 3.23. The van der Waals surface area contributed by atoms with Gasteiger partial charge in [0.1, 0.15) is 5.69 Å². The van der Waals surface area contributed by atoms with Crippen molar-refractivity contribution < 1.29 is 4.79 Å². The summed E-state index contributed by atoms with van der Waals surface area (Å²) in [5.74, 6) is -0.0286. The Bertz CT molecular complexity index is 660. The molecule has 1 amide bonds. The van der Waals surface area contributed by atoms with Crippen molar-refractivity contribution in [2.45, 2.75) is 45.7 Å². The second-order valence-corrected chi connectivity index (χ2v) is 5.60. The van der Waals surface area contributed by atoms with E-state index in [1.807, 2.05) is 26.0 Å². The van der Waals surface area contributed by atoms with Gasteiger partial charge in [0.2, 0.25) is 0 Å². The molecular formula is C17H21N3O. The molecule has 2 aromatic rings. The summed E-state index contributed by atoms with van der Waals surface area (Å²) in [5.41, 5.74) is 4.15. The van der Waals surface area contributed by atoms with Crippen LogP contribution in [0.2, 0.25) is 0 Å². The first-order valence-corrected chi connectivity index (χ1v) is 7.62. The molecule has 1 aliphatic rings. The van der Waals surface area contributed by atoms with Gasteiger partial charge in [-0.25, -0.2) is 0 Å². The number of carbonyl (C=O) groups excluding carboxylic acids is 1. The second-order valence-electron chi connectivity index (χ2n) is 5.60. The number of hydrogen-bond donors (Lipinski definition) is 1. The molecule has 0 bridgehead atoms. The lowest BCUT2D eigenvalue weighted by molar-refractivity contribution is 0.0922. The zero-order chi connectivity index (χ0) is 14.8. The van der Waals surface area contributed by atoms with Gasteiger partial charge in [-0.15, -0.1) is 0 Å². The van der Waals surface area contributed by atoms with Crippen molar-refractivity contribution in [1.29, 1.82) is 0 Å². The highest BCUT2D eigenvalue weighted by Crippen LogP contribution is 2.29. The van der Waals surface area contributed by atoms with E-state index in [-0.39, 0.29) is 11.9 Å². The van der Waals surface area contributed by atoms with Crippen LogP contribution in [0.5, 0.6) is 0 Å². The molecule has 0 spiro atoms. The number of hydrogen-bond acceptors (Lipinski definition) is 2. The maximum Gasteiger partial charge on any atom is 0.270 e. The smallest absolute Gasteiger partial charge is 0.270 e. The zero-order valence-electron chi connectivity index (χ0n) is 12.6. The number of fused-ring (bicyclic) bond motifs is 1. The Balaban J connectivity index is 1.82. The predicted molar refractivity (Wildman–Crippen MR) is 82.2 cm³/mol. The van der Waals surface area contributed by atoms with E-state index in [4.69, 9.17) is 0 Å². The highest BCUT2D eigenvalue weighted by molar-refractivity contribution is 5.93. The van der Waals surface area contributed by atoms with Gasteiger partial charge >= 0.3 is 0 Å². The third kappa shape index (κ3) is 2.71. The quantitative estimate of drug-likeness (QED) is 0.941. The number of rotatable bonds is 3. The Kier molecular flexibility index (Phi) is 3.78. The average molecular weight is 283 g/mol. The highest BCUT2D eigenvalue weighted by atomic mass is 16.2. The summed E-state index contributed by atoms with van der Waals surface area (Å²) in [6.45, 7) is 4.62. The molecular weight excluding hydrogens is 262 g/mol. The van der Waals surface area contributed by atoms with Crippen molar-refractivity contribution in [3.05, 3.63) is 52.8 Å². The van der Waals surface area contributed by atoms with Gasteiger partial charge < -0.3 is 5.32 Å². The summed E-state index contributed by atoms with van der Waals surface area (Å²) < 4.78 is 1.76. The fourth-order valence-corrected chi connectivity index (χ4v) is 3.11. The van der Waals surface area contributed by atoms with Crippen LogP contribution in [0.3, 0.4) is 0 Å². The Morgan fingerprint density at radius 3 is 3.05 bits per heavy atom. The molecule has 1 unspecified atom stereocenters. The molecule has 4 nitrogen and oxygen atoms in total. The first-order valence-electron chi connectivity index (χ1n) is 7.62. The van der Waals surface area contributed by atoms with Crippen molar-refractivity contribution >= 4 is 5.91 Å². The maximum atomic E-state index is 12.5. The Morgan fingerprint density at radius 1 is 1.43 bits per heavy atom. The lowest BCUT2D eigenvalue weighted by Crippen LogP contribution is -2.32. The Labute approximate surface area is 125 Å². The van der Waals surface area contributed by atoms with E-state index in [2.05, 4.69) is 28.6 Å². The minimum atomic E-state index is -0.0286. The molecule has 0 radical (unpaired) electrons. The molecule has 1 aromatic carbocycles. The van der Waals surface area contributed by atoms with Crippen LogP contribution in [0.4, 0.5) is 0 Å². The number of aromatic nitrogens is 2.